The molecule has 1 rings (SSSR count). The molecule has 0 saturated carbocycles. The molecule has 0 aliphatic rings. The number of hydrogen-bond donors (Lipinski definition) is 0. The highest BCUT2D eigenvalue weighted by atomic mass is 35.5. The quantitative estimate of drug-likeness (QED) is 0.423. The number of unbranched alkanes of at least 4 members (excludes halogenated alkanes) is 1. The molecule has 3 heteroatoms. The van der Waals surface area contributed by atoms with Crippen molar-refractivity contribution in [3.05, 3.63) is 35.6 Å². The summed E-state index contributed by atoms with van der Waals surface area (Å²) in [5.74, 6) is 0.814. The Morgan fingerprint density at radius 2 is 2.43 bits per heavy atom. The Bertz CT molecular complexity index is 312. The topological polar surface area (TPSA) is 22.1 Å². The van der Waals surface area contributed by atoms with E-state index >= 15 is 0 Å². The van der Waals surface area contributed by atoms with Gasteiger partial charge >= 0.3 is 0 Å². The molecule has 0 spiro atoms. The smallest absolute Gasteiger partial charge is 0.132 e. The van der Waals surface area contributed by atoms with Crippen LogP contribution in [-0.4, -0.2) is 11.6 Å². The number of hydrogen-bond acceptors (Lipinski definition) is 2. The standard InChI is InChI=1S/C11H14ClNO/c1-3-4-5-6-14-10-7-11(12)13-8-9(10)2/h3,7-8H,1,4-6H2,2H3. The van der Waals surface area contributed by atoms with Gasteiger partial charge in [0.05, 0.1) is 6.61 Å². The van der Waals surface area contributed by atoms with Gasteiger partial charge in [-0.15, -0.1) is 6.58 Å². The summed E-state index contributed by atoms with van der Waals surface area (Å²) in [5, 5.41) is 0.467. The van der Waals surface area contributed by atoms with Crippen LogP contribution in [0, 0.1) is 6.92 Å². The van der Waals surface area contributed by atoms with E-state index in [0.717, 1.165) is 24.2 Å². The zero-order valence-electron chi connectivity index (χ0n) is 8.29. The van der Waals surface area contributed by atoms with E-state index in [1.54, 1.807) is 12.3 Å². The number of aromatic nitrogens is 1. The Balaban J connectivity index is 2.49. The zero-order chi connectivity index (χ0) is 10.4. The third-order valence-electron chi connectivity index (χ3n) is 1.83. The fourth-order valence-corrected chi connectivity index (χ4v) is 1.19. The van der Waals surface area contributed by atoms with Crippen LogP contribution in [0.4, 0.5) is 0 Å². The van der Waals surface area contributed by atoms with E-state index in [-0.39, 0.29) is 0 Å². The minimum Gasteiger partial charge on any atom is -0.493 e. The summed E-state index contributed by atoms with van der Waals surface area (Å²) in [6.45, 7) is 6.29. The molecule has 0 fully saturated rings. The average Bonchev–Trinajstić information content (AvgIpc) is 2.18. The van der Waals surface area contributed by atoms with Crippen LogP contribution < -0.4 is 4.74 Å². The van der Waals surface area contributed by atoms with Gasteiger partial charge in [0.1, 0.15) is 10.9 Å². The van der Waals surface area contributed by atoms with Crippen molar-refractivity contribution in [2.75, 3.05) is 6.61 Å². The maximum atomic E-state index is 5.75. The van der Waals surface area contributed by atoms with Crippen LogP contribution in [0.5, 0.6) is 5.75 Å². The number of nitrogens with zero attached hydrogens (tertiary/aromatic N) is 1. The van der Waals surface area contributed by atoms with Gasteiger partial charge in [-0.05, 0) is 19.8 Å². The third kappa shape index (κ3) is 3.38. The second-order valence-corrected chi connectivity index (χ2v) is 3.44. The number of ether oxygens (including phenoxy) is 1. The fraction of sp³-hybridized carbons (Fsp3) is 0.364. The second-order valence-electron chi connectivity index (χ2n) is 3.05. The molecule has 14 heavy (non-hydrogen) atoms. The molecule has 0 saturated heterocycles. The maximum Gasteiger partial charge on any atom is 0.132 e. The Morgan fingerprint density at radius 3 is 3.14 bits per heavy atom. The monoisotopic (exact) mass is 211 g/mol. The molecule has 0 radical (unpaired) electrons. The first kappa shape index (κ1) is 11.1. The normalized spacial score (nSPS) is 9.86. The Morgan fingerprint density at radius 1 is 1.64 bits per heavy atom. The molecule has 0 atom stereocenters. The molecule has 1 aromatic rings. The lowest BCUT2D eigenvalue weighted by Crippen LogP contribution is -1.98. The number of halogens is 1. The molecule has 1 heterocycles. The summed E-state index contributed by atoms with van der Waals surface area (Å²) in [6.07, 6.45) is 5.54. The maximum absolute atomic E-state index is 5.75. The first-order valence-corrected chi connectivity index (χ1v) is 4.97. The van der Waals surface area contributed by atoms with Crippen LogP contribution in [0.15, 0.2) is 24.9 Å². The third-order valence-corrected chi connectivity index (χ3v) is 2.04. The van der Waals surface area contributed by atoms with Crippen molar-refractivity contribution >= 4 is 11.6 Å². The number of rotatable bonds is 5. The lowest BCUT2D eigenvalue weighted by atomic mass is 10.3. The SMILES string of the molecule is C=CCCCOc1cc(Cl)ncc1C. The van der Waals surface area contributed by atoms with Crippen molar-refractivity contribution in [1.82, 2.24) is 4.98 Å². The van der Waals surface area contributed by atoms with E-state index in [1.807, 2.05) is 13.0 Å². The van der Waals surface area contributed by atoms with Gasteiger partial charge in [-0.1, -0.05) is 17.7 Å². The molecular weight excluding hydrogens is 198 g/mol. The molecule has 0 N–H and O–H groups in total. The van der Waals surface area contributed by atoms with Crippen molar-refractivity contribution in [2.24, 2.45) is 0 Å². The van der Waals surface area contributed by atoms with Gasteiger partial charge in [-0.3, -0.25) is 0 Å². The molecule has 0 amide bonds. The number of pyridine rings is 1. The highest BCUT2D eigenvalue weighted by Gasteiger charge is 2.00. The predicted molar refractivity (Wildman–Crippen MR) is 58.9 cm³/mol. The minimum absolute atomic E-state index is 0.467. The molecule has 2 nitrogen and oxygen atoms in total. The molecule has 1 aromatic heterocycles. The summed E-state index contributed by atoms with van der Waals surface area (Å²) in [5.41, 5.74) is 1.01. The van der Waals surface area contributed by atoms with Crippen LogP contribution >= 0.6 is 11.6 Å². The van der Waals surface area contributed by atoms with Crippen molar-refractivity contribution in [2.45, 2.75) is 19.8 Å². The van der Waals surface area contributed by atoms with Gasteiger partial charge in [-0.25, -0.2) is 4.98 Å². The Hall–Kier alpha value is -1.02. The summed E-state index contributed by atoms with van der Waals surface area (Å²) in [6, 6.07) is 1.74. The zero-order valence-corrected chi connectivity index (χ0v) is 9.05. The highest BCUT2D eigenvalue weighted by Crippen LogP contribution is 2.20. The molecule has 0 aromatic carbocycles. The van der Waals surface area contributed by atoms with E-state index in [9.17, 15) is 0 Å². The lowest BCUT2D eigenvalue weighted by Gasteiger charge is -2.07. The largest absolute Gasteiger partial charge is 0.493 e. The van der Waals surface area contributed by atoms with Crippen LogP contribution in [-0.2, 0) is 0 Å². The van der Waals surface area contributed by atoms with Gasteiger partial charge in [-0.2, -0.15) is 0 Å². The van der Waals surface area contributed by atoms with E-state index in [2.05, 4.69) is 11.6 Å². The first-order chi connectivity index (χ1) is 6.74. The summed E-state index contributed by atoms with van der Waals surface area (Å²) in [7, 11) is 0. The van der Waals surface area contributed by atoms with Gasteiger partial charge in [0, 0.05) is 17.8 Å². The number of aryl methyl sites for hydroxylation is 1. The molecule has 76 valence electrons. The Kier molecular flexibility index (Phi) is 4.47. The fourth-order valence-electron chi connectivity index (χ4n) is 1.05. The molecule has 0 aliphatic heterocycles. The minimum atomic E-state index is 0.467. The molecule has 0 aliphatic carbocycles. The predicted octanol–water partition coefficient (Wildman–Crippen LogP) is 3.39. The average molecular weight is 212 g/mol. The Labute approximate surface area is 89.6 Å². The van der Waals surface area contributed by atoms with Crippen molar-refractivity contribution < 1.29 is 4.74 Å². The molecular formula is C11H14ClNO. The van der Waals surface area contributed by atoms with E-state index < -0.39 is 0 Å². The van der Waals surface area contributed by atoms with Crippen LogP contribution in [0.1, 0.15) is 18.4 Å². The van der Waals surface area contributed by atoms with E-state index in [0.29, 0.717) is 11.8 Å². The van der Waals surface area contributed by atoms with E-state index in [1.165, 1.54) is 0 Å². The van der Waals surface area contributed by atoms with Crippen LogP contribution in [0.2, 0.25) is 5.15 Å². The van der Waals surface area contributed by atoms with Gasteiger partial charge in [0.25, 0.3) is 0 Å². The summed E-state index contributed by atoms with van der Waals surface area (Å²) in [4.78, 5) is 3.95. The second kappa shape index (κ2) is 5.66. The summed E-state index contributed by atoms with van der Waals surface area (Å²) >= 11 is 5.75. The lowest BCUT2D eigenvalue weighted by molar-refractivity contribution is 0.310. The van der Waals surface area contributed by atoms with Gasteiger partial charge in [0.2, 0.25) is 0 Å². The van der Waals surface area contributed by atoms with Crippen LogP contribution in [0.3, 0.4) is 0 Å². The number of allylic oxidation sites excluding steroid dienone is 1. The van der Waals surface area contributed by atoms with Crippen LogP contribution in [0.25, 0.3) is 0 Å². The first-order valence-electron chi connectivity index (χ1n) is 4.60. The van der Waals surface area contributed by atoms with E-state index in [4.69, 9.17) is 16.3 Å². The van der Waals surface area contributed by atoms with Gasteiger partial charge in [0.15, 0.2) is 0 Å². The summed E-state index contributed by atoms with van der Waals surface area (Å²) < 4.78 is 5.55. The molecule has 0 bridgehead atoms. The van der Waals surface area contributed by atoms with Crippen molar-refractivity contribution in [3.8, 4) is 5.75 Å². The van der Waals surface area contributed by atoms with Crippen molar-refractivity contribution in [1.29, 1.82) is 0 Å². The highest BCUT2D eigenvalue weighted by molar-refractivity contribution is 6.29. The molecule has 0 unspecified atom stereocenters. The van der Waals surface area contributed by atoms with Gasteiger partial charge < -0.3 is 4.74 Å². The van der Waals surface area contributed by atoms with Crippen molar-refractivity contribution in [3.63, 3.8) is 0 Å².